The topological polar surface area (TPSA) is 116 Å². The molecule has 5 rings (SSSR count). The summed E-state index contributed by atoms with van der Waals surface area (Å²) in [6.07, 6.45) is 6.50. The van der Waals surface area contributed by atoms with Crippen LogP contribution in [-0.4, -0.2) is 38.0 Å². The van der Waals surface area contributed by atoms with Crippen LogP contribution in [0.5, 0.6) is 5.88 Å². The van der Waals surface area contributed by atoms with Crippen LogP contribution in [0.3, 0.4) is 0 Å². The number of para-hydroxylation sites is 1. The van der Waals surface area contributed by atoms with Crippen LogP contribution in [0.15, 0.2) is 55.0 Å². The molecule has 0 saturated heterocycles. The first kappa shape index (κ1) is 18.4. The van der Waals surface area contributed by atoms with Gasteiger partial charge in [-0.3, -0.25) is 9.78 Å². The predicted molar refractivity (Wildman–Crippen MR) is 114 cm³/mol. The number of anilines is 1. The number of amides is 1. The van der Waals surface area contributed by atoms with Gasteiger partial charge in [-0.05, 0) is 24.3 Å². The Morgan fingerprint density at radius 1 is 1.10 bits per heavy atom. The van der Waals surface area contributed by atoms with Crippen molar-refractivity contribution < 1.29 is 9.53 Å². The van der Waals surface area contributed by atoms with Gasteiger partial charge in [0.15, 0.2) is 5.13 Å². The van der Waals surface area contributed by atoms with Crippen LogP contribution in [-0.2, 0) is 0 Å². The molecule has 30 heavy (non-hydrogen) atoms. The van der Waals surface area contributed by atoms with Gasteiger partial charge in [-0.1, -0.05) is 23.5 Å². The van der Waals surface area contributed by atoms with Crippen LogP contribution in [0.4, 0.5) is 5.13 Å². The molecule has 1 aliphatic rings. The van der Waals surface area contributed by atoms with Gasteiger partial charge in [-0.15, -0.1) is 0 Å². The maximum atomic E-state index is 11.2. The molecule has 0 atom stereocenters. The molecular weight excluding hydrogens is 400 g/mol. The molecule has 0 bridgehead atoms. The van der Waals surface area contributed by atoms with Crippen LogP contribution in [0.25, 0.3) is 21.5 Å². The second-order valence-electron chi connectivity index (χ2n) is 7.05. The summed E-state index contributed by atoms with van der Waals surface area (Å²) in [5.74, 6) is -0.118. The SMILES string of the molecule is NC(=O)c1ccc(-c2nccnc2O[C@H]2C[C@H](Nc3nc4ccccc4s3)C2)cn1. The standard InChI is InChI=1S/C21H18N6O2S/c22-19(28)16-6-5-12(11-25-16)18-20(24-8-7-23-18)29-14-9-13(10-14)26-21-27-15-3-1-2-4-17(15)30-21/h1-8,11,13-14H,9-10H2,(H2,22,28)(H,26,27)/t13-,14-. The van der Waals surface area contributed by atoms with E-state index in [4.69, 9.17) is 10.5 Å². The minimum atomic E-state index is -0.571. The van der Waals surface area contributed by atoms with Crippen LogP contribution in [0.1, 0.15) is 23.3 Å². The molecule has 4 aromatic rings. The number of carbonyl (C=O) groups is 1. The van der Waals surface area contributed by atoms with Crippen LogP contribution < -0.4 is 15.8 Å². The maximum absolute atomic E-state index is 11.2. The van der Waals surface area contributed by atoms with Crippen molar-refractivity contribution >= 4 is 32.6 Å². The van der Waals surface area contributed by atoms with Crippen molar-refractivity contribution in [1.29, 1.82) is 0 Å². The Labute approximate surface area is 176 Å². The molecule has 9 heteroatoms. The number of nitrogens with one attached hydrogen (secondary N) is 1. The average Bonchev–Trinajstić information content (AvgIpc) is 3.15. The normalized spacial score (nSPS) is 18.0. The summed E-state index contributed by atoms with van der Waals surface area (Å²) < 4.78 is 7.26. The fourth-order valence-corrected chi connectivity index (χ4v) is 4.28. The van der Waals surface area contributed by atoms with Crippen molar-refractivity contribution in [2.24, 2.45) is 5.73 Å². The molecule has 1 saturated carbocycles. The predicted octanol–water partition coefficient (Wildman–Crippen LogP) is 3.27. The van der Waals surface area contributed by atoms with Gasteiger partial charge in [0.25, 0.3) is 5.91 Å². The number of nitrogens with two attached hydrogens (primary N) is 1. The number of carbonyl (C=O) groups excluding carboxylic acids is 1. The lowest BCUT2D eigenvalue weighted by atomic mass is 9.89. The van der Waals surface area contributed by atoms with Gasteiger partial charge in [0, 0.05) is 43.0 Å². The largest absolute Gasteiger partial charge is 0.473 e. The summed E-state index contributed by atoms with van der Waals surface area (Å²) in [5.41, 5.74) is 7.76. The molecule has 3 heterocycles. The highest BCUT2D eigenvalue weighted by atomic mass is 32.1. The molecule has 3 aromatic heterocycles. The van der Waals surface area contributed by atoms with Crippen LogP contribution in [0.2, 0.25) is 0 Å². The molecule has 0 unspecified atom stereocenters. The van der Waals surface area contributed by atoms with E-state index in [1.54, 1.807) is 42.1 Å². The monoisotopic (exact) mass is 418 g/mol. The lowest BCUT2D eigenvalue weighted by Gasteiger charge is -2.35. The number of rotatable bonds is 6. The van der Waals surface area contributed by atoms with Crippen LogP contribution >= 0.6 is 11.3 Å². The van der Waals surface area contributed by atoms with Crippen molar-refractivity contribution in [1.82, 2.24) is 19.9 Å². The van der Waals surface area contributed by atoms with E-state index in [0.29, 0.717) is 23.2 Å². The van der Waals surface area contributed by atoms with Crippen molar-refractivity contribution in [3.63, 3.8) is 0 Å². The summed E-state index contributed by atoms with van der Waals surface area (Å²) in [4.78, 5) is 28.6. The molecule has 3 N–H and O–H groups in total. The number of benzene rings is 1. The van der Waals surface area contributed by atoms with Crippen molar-refractivity contribution in [2.45, 2.75) is 25.0 Å². The lowest BCUT2D eigenvalue weighted by Crippen LogP contribution is -2.42. The fourth-order valence-electron chi connectivity index (χ4n) is 3.34. The van der Waals surface area contributed by atoms with E-state index in [0.717, 1.165) is 23.5 Å². The number of fused-ring (bicyclic) bond motifs is 1. The second-order valence-corrected chi connectivity index (χ2v) is 8.08. The van der Waals surface area contributed by atoms with Gasteiger partial charge < -0.3 is 15.8 Å². The summed E-state index contributed by atoms with van der Waals surface area (Å²) in [6.45, 7) is 0. The third-order valence-corrected chi connectivity index (χ3v) is 5.92. The third kappa shape index (κ3) is 3.67. The van der Waals surface area contributed by atoms with E-state index in [2.05, 4.69) is 31.3 Å². The highest BCUT2D eigenvalue weighted by Crippen LogP contribution is 2.33. The molecule has 8 nitrogen and oxygen atoms in total. The molecule has 0 spiro atoms. The van der Waals surface area contributed by atoms with Gasteiger partial charge >= 0.3 is 0 Å². The maximum Gasteiger partial charge on any atom is 0.267 e. The Morgan fingerprint density at radius 3 is 2.70 bits per heavy atom. The molecule has 150 valence electrons. The van der Waals surface area contributed by atoms with Gasteiger partial charge in [0.2, 0.25) is 5.88 Å². The minimum Gasteiger partial charge on any atom is -0.473 e. The van der Waals surface area contributed by atoms with E-state index in [1.165, 1.54) is 4.70 Å². The highest BCUT2D eigenvalue weighted by Gasteiger charge is 2.32. The van der Waals surface area contributed by atoms with Crippen LogP contribution in [0, 0.1) is 0 Å². The average molecular weight is 418 g/mol. The Balaban J connectivity index is 1.24. The Kier molecular flexibility index (Phi) is 4.72. The third-order valence-electron chi connectivity index (χ3n) is 4.95. The summed E-state index contributed by atoms with van der Waals surface area (Å²) in [6, 6.07) is 11.7. The quantitative estimate of drug-likeness (QED) is 0.494. The first-order chi connectivity index (χ1) is 14.7. The Morgan fingerprint density at radius 2 is 1.93 bits per heavy atom. The van der Waals surface area contributed by atoms with E-state index >= 15 is 0 Å². The highest BCUT2D eigenvalue weighted by molar-refractivity contribution is 7.22. The number of nitrogens with zero attached hydrogens (tertiary/aromatic N) is 4. The number of pyridine rings is 1. The lowest BCUT2D eigenvalue weighted by molar-refractivity contribution is 0.0995. The van der Waals surface area contributed by atoms with Crippen molar-refractivity contribution in [2.75, 3.05) is 5.32 Å². The number of ether oxygens (including phenoxy) is 1. The zero-order valence-electron chi connectivity index (χ0n) is 15.9. The number of primary amides is 1. The van der Waals surface area contributed by atoms with Gasteiger partial charge in [0.1, 0.15) is 17.5 Å². The second kappa shape index (κ2) is 7.68. The molecule has 1 amide bonds. The number of thiazole rings is 1. The van der Waals surface area contributed by atoms with E-state index in [9.17, 15) is 4.79 Å². The van der Waals surface area contributed by atoms with Crippen molar-refractivity contribution in [3.8, 4) is 17.1 Å². The molecule has 1 aromatic carbocycles. The zero-order valence-corrected chi connectivity index (χ0v) is 16.7. The van der Waals surface area contributed by atoms with Gasteiger partial charge in [-0.25, -0.2) is 15.0 Å². The fraction of sp³-hybridized carbons (Fsp3) is 0.190. The minimum absolute atomic E-state index is 0.0465. The first-order valence-corrected chi connectivity index (χ1v) is 10.3. The smallest absolute Gasteiger partial charge is 0.267 e. The molecular formula is C21H18N6O2S. The number of aromatic nitrogens is 4. The molecule has 0 radical (unpaired) electrons. The van der Waals surface area contributed by atoms with Gasteiger partial charge in [-0.2, -0.15) is 0 Å². The first-order valence-electron chi connectivity index (χ1n) is 9.52. The summed E-state index contributed by atoms with van der Waals surface area (Å²) >= 11 is 1.66. The molecule has 0 aliphatic heterocycles. The van der Waals surface area contributed by atoms with E-state index in [1.807, 2.05) is 18.2 Å². The number of hydrogen-bond donors (Lipinski definition) is 2. The van der Waals surface area contributed by atoms with Gasteiger partial charge in [0.05, 0.1) is 10.2 Å². The Bertz CT molecular complexity index is 1170. The van der Waals surface area contributed by atoms with Crippen molar-refractivity contribution in [3.05, 3.63) is 60.7 Å². The molecule has 1 fully saturated rings. The van der Waals surface area contributed by atoms with E-state index in [-0.39, 0.29) is 11.8 Å². The summed E-state index contributed by atoms with van der Waals surface area (Å²) in [5, 5.41) is 4.42. The summed E-state index contributed by atoms with van der Waals surface area (Å²) in [7, 11) is 0. The zero-order chi connectivity index (χ0) is 20.5. The molecule has 1 aliphatic carbocycles. The van der Waals surface area contributed by atoms with E-state index < -0.39 is 5.91 Å². The Hall–Kier alpha value is -3.59. The number of hydrogen-bond acceptors (Lipinski definition) is 8.